The van der Waals surface area contributed by atoms with Gasteiger partial charge in [-0.15, -0.1) is 0 Å². The Morgan fingerprint density at radius 2 is 0.793 bits per heavy atom. The first kappa shape index (κ1) is 82.9. The van der Waals surface area contributed by atoms with E-state index in [9.17, 15) is 35.1 Å². The topological polar surface area (TPSA) is 175 Å². The first-order chi connectivity index (χ1) is 42.7. The van der Waals surface area contributed by atoms with E-state index in [4.69, 9.17) is 14.2 Å². The van der Waals surface area contributed by atoms with Gasteiger partial charge in [-0.05, 0) is 57.8 Å². The van der Waals surface area contributed by atoms with E-state index in [1.165, 1.54) is 263 Å². The van der Waals surface area contributed by atoms with Crippen molar-refractivity contribution >= 4 is 11.9 Å². The molecule has 0 aromatic heterocycles. The van der Waals surface area contributed by atoms with Crippen LogP contribution in [0.1, 0.15) is 374 Å². The normalized spacial score (nSPS) is 18.4. The molecule has 0 aromatic rings. The van der Waals surface area contributed by atoms with Crippen LogP contribution in [0.25, 0.3) is 0 Å². The first-order valence-electron chi connectivity index (χ1n) is 37.8. The number of unbranched alkanes of at least 4 members (excludes halogenated alkanes) is 48. The number of esters is 1. The van der Waals surface area contributed by atoms with Crippen molar-refractivity contribution in [3.63, 3.8) is 0 Å². The molecule has 1 heterocycles. The minimum Gasteiger partial charge on any atom is -0.454 e. The highest BCUT2D eigenvalue weighted by atomic mass is 16.7. The van der Waals surface area contributed by atoms with Crippen LogP contribution in [0.15, 0.2) is 36.5 Å². The Labute approximate surface area is 536 Å². The summed E-state index contributed by atoms with van der Waals surface area (Å²) in [6, 6.07) is -1.02. The lowest BCUT2D eigenvalue weighted by Gasteiger charge is -2.41. The van der Waals surface area contributed by atoms with Crippen molar-refractivity contribution in [2.75, 3.05) is 13.2 Å². The Hall–Kier alpha value is -2.12. The fourth-order valence-corrected chi connectivity index (χ4v) is 12.1. The summed E-state index contributed by atoms with van der Waals surface area (Å²) in [5, 5.41) is 57.3. The molecule has 6 N–H and O–H groups in total. The number of rotatable bonds is 66. The highest BCUT2D eigenvalue weighted by Gasteiger charge is 2.47. The van der Waals surface area contributed by atoms with Gasteiger partial charge >= 0.3 is 5.97 Å². The van der Waals surface area contributed by atoms with Crippen molar-refractivity contribution in [3.05, 3.63) is 36.5 Å². The van der Waals surface area contributed by atoms with Crippen LogP contribution < -0.4 is 5.32 Å². The molecule has 8 atom stereocenters. The maximum absolute atomic E-state index is 13.5. The summed E-state index contributed by atoms with van der Waals surface area (Å²) in [6.45, 7) is 5.82. The number of carbonyl (C=O) groups is 2. The molecule has 87 heavy (non-hydrogen) atoms. The third-order valence-electron chi connectivity index (χ3n) is 18.0. The molecule has 0 saturated carbocycles. The maximum atomic E-state index is 13.5. The summed E-state index contributed by atoms with van der Waals surface area (Å²) < 4.78 is 17.7. The number of carbonyl (C=O) groups excluding carboxylic acids is 2. The van der Waals surface area contributed by atoms with E-state index in [2.05, 4.69) is 50.4 Å². The van der Waals surface area contributed by atoms with Crippen LogP contribution in [0.5, 0.6) is 0 Å². The molecular formula is C76H143NO10. The Balaban J connectivity index is 2.49. The number of aliphatic hydroxyl groups excluding tert-OH is 5. The number of aliphatic hydroxyl groups is 5. The largest absolute Gasteiger partial charge is 0.454 e. The minimum absolute atomic E-state index is 0.128. The smallest absolute Gasteiger partial charge is 0.306 e. The van der Waals surface area contributed by atoms with Gasteiger partial charge in [-0.25, -0.2) is 0 Å². The molecule has 1 aliphatic heterocycles. The average molecular weight is 1230 g/mol. The van der Waals surface area contributed by atoms with Gasteiger partial charge in [0.25, 0.3) is 0 Å². The molecule has 512 valence electrons. The van der Waals surface area contributed by atoms with Crippen LogP contribution in [0, 0.1) is 0 Å². The quantitative estimate of drug-likeness (QED) is 0.0195. The van der Waals surface area contributed by atoms with Crippen molar-refractivity contribution in [3.8, 4) is 0 Å². The summed E-state index contributed by atoms with van der Waals surface area (Å²) in [6.07, 6.45) is 69.2. The molecule has 1 saturated heterocycles. The highest BCUT2D eigenvalue weighted by Crippen LogP contribution is 2.27. The summed E-state index contributed by atoms with van der Waals surface area (Å²) in [4.78, 5) is 26.7. The summed E-state index contributed by atoms with van der Waals surface area (Å²) in [5.41, 5.74) is 0. The summed E-state index contributed by atoms with van der Waals surface area (Å²) in [5.74, 6) is -1.17. The molecular weight excluding hydrogens is 1090 g/mol. The molecule has 8 unspecified atom stereocenters. The number of ether oxygens (including phenoxy) is 3. The van der Waals surface area contributed by atoms with Crippen LogP contribution in [-0.4, -0.2) is 99.6 Å². The average Bonchev–Trinajstić information content (AvgIpc) is 2.93. The van der Waals surface area contributed by atoms with Gasteiger partial charge < -0.3 is 45.1 Å². The predicted octanol–water partition coefficient (Wildman–Crippen LogP) is 19.7. The van der Waals surface area contributed by atoms with E-state index in [-0.39, 0.29) is 13.0 Å². The Morgan fingerprint density at radius 3 is 1.20 bits per heavy atom. The molecule has 1 fully saturated rings. The van der Waals surface area contributed by atoms with Crippen molar-refractivity contribution in [1.82, 2.24) is 5.32 Å². The Bertz CT molecular complexity index is 1560. The maximum Gasteiger partial charge on any atom is 0.306 e. The SMILES string of the molecule is CCCCC/C=C\C/C=C\CCCCCCCCCCCCCCCCCCCC(=O)OC1C(OCC(NC(=O)C(O)CCCCCCCCCCCCCCCCCCCCCC)C(O)/C=C/CCCCCCCCCCC)OC(CO)C(O)C1O. The number of amides is 1. The predicted molar refractivity (Wildman–Crippen MR) is 366 cm³/mol. The zero-order valence-corrected chi connectivity index (χ0v) is 57.2. The van der Waals surface area contributed by atoms with Gasteiger partial charge in [0.2, 0.25) is 5.91 Å². The molecule has 1 rings (SSSR count). The van der Waals surface area contributed by atoms with Gasteiger partial charge in [0.05, 0.1) is 25.4 Å². The lowest BCUT2D eigenvalue weighted by atomic mass is 9.99. The van der Waals surface area contributed by atoms with Crippen LogP contribution in [0.2, 0.25) is 0 Å². The first-order valence-corrected chi connectivity index (χ1v) is 37.8. The van der Waals surface area contributed by atoms with Crippen molar-refractivity contribution < 1.29 is 49.3 Å². The number of hydrogen-bond acceptors (Lipinski definition) is 10. The lowest BCUT2D eigenvalue weighted by molar-refractivity contribution is -0.305. The van der Waals surface area contributed by atoms with E-state index in [0.717, 1.165) is 64.2 Å². The van der Waals surface area contributed by atoms with Gasteiger partial charge in [0, 0.05) is 6.42 Å². The monoisotopic (exact) mass is 1230 g/mol. The molecule has 0 bridgehead atoms. The molecule has 1 aliphatic rings. The number of nitrogens with one attached hydrogen (secondary N) is 1. The molecule has 1 amide bonds. The van der Waals surface area contributed by atoms with Gasteiger partial charge in [-0.2, -0.15) is 0 Å². The van der Waals surface area contributed by atoms with Crippen LogP contribution >= 0.6 is 0 Å². The third-order valence-corrected chi connectivity index (χ3v) is 18.0. The van der Waals surface area contributed by atoms with Crippen LogP contribution in [-0.2, 0) is 23.8 Å². The Kier molecular flexibility index (Phi) is 61.0. The number of allylic oxidation sites excluding steroid dienone is 5. The molecule has 0 aliphatic carbocycles. The van der Waals surface area contributed by atoms with Gasteiger partial charge in [-0.1, -0.05) is 346 Å². The minimum atomic E-state index is -1.61. The summed E-state index contributed by atoms with van der Waals surface area (Å²) in [7, 11) is 0. The fraction of sp³-hybridized carbons (Fsp3) is 0.895. The molecule has 11 heteroatoms. The van der Waals surface area contributed by atoms with E-state index in [1.807, 2.05) is 6.08 Å². The lowest BCUT2D eigenvalue weighted by Crippen LogP contribution is -2.61. The van der Waals surface area contributed by atoms with Crippen LogP contribution in [0.4, 0.5) is 0 Å². The zero-order chi connectivity index (χ0) is 63.1. The summed E-state index contributed by atoms with van der Waals surface area (Å²) >= 11 is 0. The van der Waals surface area contributed by atoms with E-state index >= 15 is 0 Å². The van der Waals surface area contributed by atoms with Gasteiger partial charge in [0.15, 0.2) is 12.4 Å². The Morgan fingerprint density at radius 1 is 0.448 bits per heavy atom. The van der Waals surface area contributed by atoms with E-state index in [1.54, 1.807) is 6.08 Å². The van der Waals surface area contributed by atoms with Crippen LogP contribution in [0.3, 0.4) is 0 Å². The van der Waals surface area contributed by atoms with E-state index in [0.29, 0.717) is 19.3 Å². The second kappa shape index (κ2) is 64.0. The fourth-order valence-electron chi connectivity index (χ4n) is 12.1. The molecule has 0 radical (unpaired) electrons. The standard InChI is InChI=1S/C76H143NO10/c1-4-7-10-13-16-19-22-24-26-28-30-32-33-34-35-36-37-38-40-42-44-46-49-52-55-58-61-64-71(81)87-74-73(83)72(82)70(65-78)86-76(74)85-66-67(68(79)62-59-56-53-50-47-21-18-15-12-9-6-3)77-75(84)69(80)63-60-57-54-51-48-45-43-41-39-31-29-27-25-23-20-17-14-11-8-5-2/h16,19,24,26,59,62,67-70,72-74,76,78-80,82-83H,4-15,17-18,20-23,25,27-58,60-61,63-66H2,1-3H3,(H,77,84)/b19-16-,26-24-,62-59+. The zero-order valence-electron chi connectivity index (χ0n) is 57.2. The second-order valence-corrected chi connectivity index (χ2v) is 26.4. The molecule has 0 spiro atoms. The van der Waals surface area contributed by atoms with Crippen molar-refractivity contribution in [2.24, 2.45) is 0 Å². The van der Waals surface area contributed by atoms with Gasteiger partial charge in [0.1, 0.15) is 24.4 Å². The van der Waals surface area contributed by atoms with Crippen molar-refractivity contribution in [2.45, 2.75) is 423 Å². The second-order valence-electron chi connectivity index (χ2n) is 26.4. The molecule has 0 aromatic carbocycles. The van der Waals surface area contributed by atoms with Crippen molar-refractivity contribution in [1.29, 1.82) is 0 Å². The van der Waals surface area contributed by atoms with Gasteiger partial charge in [-0.3, -0.25) is 9.59 Å². The third kappa shape index (κ3) is 51.1. The van der Waals surface area contributed by atoms with E-state index < -0.39 is 67.4 Å². The molecule has 11 nitrogen and oxygen atoms in total. The highest BCUT2D eigenvalue weighted by molar-refractivity contribution is 5.80. The number of hydrogen-bond donors (Lipinski definition) is 6.